The maximum Gasteiger partial charge on any atom is 0.319 e. The van der Waals surface area contributed by atoms with E-state index in [0.29, 0.717) is 29.9 Å². The van der Waals surface area contributed by atoms with Gasteiger partial charge in [0, 0.05) is 30.9 Å². The predicted octanol–water partition coefficient (Wildman–Crippen LogP) is 3.44. The molecule has 6 heteroatoms. The zero-order chi connectivity index (χ0) is 19.0. The SMILES string of the molecule is CCC(CC)[C@@H](CNC(=O)Nc1cc(NC(C)=O)ccc1C)N(C)C. The second-order valence-corrected chi connectivity index (χ2v) is 6.65. The van der Waals surface area contributed by atoms with Crippen molar-refractivity contribution >= 4 is 23.3 Å². The van der Waals surface area contributed by atoms with Crippen LogP contribution in [-0.2, 0) is 4.79 Å². The molecule has 0 bridgehead atoms. The fraction of sp³-hybridized carbons (Fsp3) is 0.579. The molecule has 3 amide bonds. The van der Waals surface area contributed by atoms with E-state index in [-0.39, 0.29) is 11.9 Å². The Balaban J connectivity index is 2.71. The zero-order valence-corrected chi connectivity index (χ0v) is 16.3. The molecule has 140 valence electrons. The van der Waals surface area contributed by atoms with Gasteiger partial charge in [-0.25, -0.2) is 4.79 Å². The molecule has 0 aliphatic carbocycles. The molecule has 0 spiro atoms. The van der Waals surface area contributed by atoms with Crippen LogP contribution in [0, 0.1) is 12.8 Å². The Labute approximate surface area is 151 Å². The fourth-order valence-electron chi connectivity index (χ4n) is 3.01. The molecule has 1 atom stereocenters. The van der Waals surface area contributed by atoms with Crippen molar-refractivity contribution in [2.24, 2.45) is 5.92 Å². The summed E-state index contributed by atoms with van der Waals surface area (Å²) in [5.74, 6) is 0.401. The quantitative estimate of drug-likeness (QED) is 0.674. The molecule has 25 heavy (non-hydrogen) atoms. The van der Waals surface area contributed by atoms with Crippen LogP contribution in [0.2, 0.25) is 0 Å². The third-order valence-corrected chi connectivity index (χ3v) is 4.53. The van der Waals surface area contributed by atoms with Crippen LogP contribution in [0.3, 0.4) is 0 Å². The van der Waals surface area contributed by atoms with Crippen molar-refractivity contribution in [2.45, 2.75) is 46.6 Å². The van der Waals surface area contributed by atoms with E-state index in [4.69, 9.17) is 0 Å². The Morgan fingerprint density at radius 1 is 1.12 bits per heavy atom. The topological polar surface area (TPSA) is 73.5 Å². The van der Waals surface area contributed by atoms with Gasteiger partial charge >= 0.3 is 6.03 Å². The van der Waals surface area contributed by atoms with E-state index in [1.807, 2.05) is 33.2 Å². The van der Waals surface area contributed by atoms with Gasteiger partial charge in [-0.3, -0.25) is 4.79 Å². The normalized spacial score (nSPS) is 12.2. The Bertz CT molecular complexity index is 583. The van der Waals surface area contributed by atoms with Gasteiger partial charge in [0.25, 0.3) is 0 Å². The molecular weight excluding hydrogens is 316 g/mol. The molecule has 3 N–H and O–H groups in total. The molecule has 1 aromatic rings. The van der Waals surface area contributed by atoms with Gasteiger partial charge < -0.3 is 20.9 Å². The van der Waals surface area contributed by atoms with E-state index < -0.39 is 0 Å². The molecule has 0 fully saturated rings. The van der Waals surface area contributed by atoms with Crippen molar-refractivity contribution in [2.75, 3.05) is 31.3 Å². The molecule has 0 saturated heterocycles. The van der Waals surface area contributed by atoms with Crippen molar-refractivity contribution in [1.82, 2.24) is 10.2 Å². The summed E-state index contributed by atoms with van der Waals surface area (Å²) in [4.78, 5) is 25.6. The van der Waals surface area contributed by atoms with Gasteiger partial charge in [0.2, 0.25) is 5.91 Å². The first-order valence-corrected chi connectivity index (χ1v) is 8.87. The van der Waals surface area contributed by atoms with Crippen LogP contribution in [0.5, 0.6) is 0 Å². The number of carbonyl (C=O) groups excluding carboxylic acids is 2. The van der Waals surface area contributed by atoms with Crippen LogP contribution >= 0.6 is 0 Å². The minimum Gasteiger partial charge on any atom is -0.336 e. The minimum atomic E-state index is -0.235. The van der Waals surface area contributed by atoms with E-state index >= 15 is 0 Å². The van der Waals surface area contributed by atoms with Crippen LogP contribution in [0.15, 0.2) is 18.2 Å². The van der Waals surface area contributed by atoms with Crippen molar-refractivity contribution in [3.05, 3.63) is 23.8 Å². The number of urea groups is 1. The fourth-order valence-corrected chi connectivity index (χ4v) is 3.01. The number of anilines is 2. The minimum absolute atomic E-state index is 0.141. The molecule has 0 aliphatic heterocycles. The maximum atomic E-state index is 12.3. The maximum absolute atomic E-state index is 12.3. The van der Waals surface area contributed by atoms with Gasteiger partial charge in [-0.2, -0.15) is 0 Å². The van der Waals surface area contributed by atoms with Crippen molar-refractivity contribution < 1.29 is 9.59 Å². The number of hydrogen-bond donors (Lipinski definition) is 3. The van der Waals surface area contributed by atoms with Gasteiger partial charge in [-0.1, -0.05) is 32.8 Å². The molecule has 0 unspecified atom stereocenters. The second-order valence-electron chi connectivity index (χ2n) is 6.65. The lowest BCUT2D eigenvalue weighted by molar-refractivity contribution is -0.114. The summed E-state index contributed by atoms with van der Waals surface area (Å²) in [7, 11) is 4.09. The lowest BCUT2D eigenvalue weighted by atomic mass is 9.93. The monoisotopic (exact) mass is 348 g/mol. The summed E-state index contributed by atoms with van der Waals surface area (Å²) in [6, 6.07) is 5.51. The van der Waals surface area contributed by atoms with Gasteiger partial charge in [-0.15, -0.1) is 0 Å². The van der Waals surface area contributed by atoms with E-state index in [2.05, 4.69) is 34.7 Å². The lowest BCUT2D eigenvalue weighted by Gasteiger charge is -2.31. The highest BCUT2D eigenvalue weighted by atomic mass is 16.2. The molecule has 0 aliphatic rings. The molecular formula is C19H32N4O2. The smallest absolute Gasteiger partial charge is 0.319 e. The van der Waals surface area contributed by atoms with Crippen LogP contribution < -0.4 is 16.0 Å². The summed E-state index contributed by atoms with van der Waals surface area (Å²) < 4.78 is 0. The largest absolute Gasteiger partial charge is 0.336 e. The van der Waals surface area contributed by atoms with Crippen LogP contribution in [-0.4, -0.2) is 43.5 Å². The number of nitrogens with zero attached hydrogens (tertiary/aromatic N) is 1. The van der Waals surface area contributed by atoms with Crippen LogP contribution in [0.1, 0.15) is 39.2 Å². The van der Waals surface area contributed by atoms with E-state index in [1.165, 1.54) is 6.92 Å². The first kappa shape index (κ1) is 21.0. The summed E-state index contributed by atoms with van der Waals surface area (Å²) in [5.41, 5.74) is 2.29. The molecule has 0 aromatic heterocycles. The number of aryl methyl sites for hydroxylation is 1. The highest BCUT2D eigenvalue weighted by Crippen LogP contribution is 2.20. The highest BCUT2D eigenvalue weighted by Gasteiger charge is 2.21. The van der Waals surface area contributed by atoms with Crippen molar-refractivity contribution in [1.29, 1.82) is 0 Å². The average Bonchev–Trinajstić information content (AvgIpc) is 2.53. The second kappa shape index (κ2) is 10.0. The standard InChI is InChI=1S/C19H32N4O2/c1-7-15(8-2)18(23(5)6)12-20-19(25)22-17-11-16(21-14(4)24)10-9-13(17)3/h9-11,15,18H,7-8,12H2,1-6H3,(H,21,24)(H2,20,22,25)/t18-/m1/s1. The summed E-state index contributed by atoms with van der Waals surface area (Å²) in [5, 5.41) is 8.57. The summed E-state index contributed by atoms with van der Waals surface area (Å²) >= 11 is 0. The third kappa shape index (κ3) is 6.74. The Morgan fingerprint density at radius 3 is 2.28 bits per heavy atom. The predicted molar refractivity (Wildman–Crippen MR) is 104 cm³/mol. The number of amides is 3. The number of carbonyl (C=O) groups is 2. The molecule has 1 rings (SSSR count). The van der Waals surface area contributed by atoms with Gasteiger partial charge in [-0.05, 0) is 44.6 Å². The first-order chi connectivity index (χ1) is 11.8. The first-order valence-electron chi connectivity index (χ1n) is 8.87. The van der Waals surface area contributed by atoms with Crippen molar-refractivity contribution in [3.63, 3.8) is 0 Å². The molecule has 1 aromatic carbocycles. The van der Waals surface area contributed by atoms with Gasteiger partial charge in [0.15, 0.2) is 0 Å². The van der Waals surface area contributed by atoms with Crippen LogP contribution in [0.4, 0.5) is 16.2 Å². The number of rotatable bonds is 8. The molecule has 0 saturated carbocycles. The Morgan fingerprint density at radius 2 is 1.76 bits per heavy atom. The number of likely N-dealkylation sites (N-methyl/N-ethyl adjacent to an activating group) is 1. The van der Waals surface area contributed by atoms with E-state index in [1.54, 1.807) is 6.07 Å². The number of nitrogens with one attached hydrogen (secondary N) is 3. The molecule has 0 radical (unpaired) electrons. The summed E-state index contributed by atoms with van der Waals surface area (Å²) in [6.07, 6.45) is 2.17. The van der Waals surface area contributed by atoms with E-state index in [9.17, 15) is 9.59 Å². The zero-order valence-electron chi connectivity index (χ0n) is 16.3. The molecule has 0 heterocycles. The van der Waals surface area contributed by atoms with Gasteiger partial charge in [0.1, 0.15) is 0 Å². The lowest BCUT2D eigenvalue weighted by Crippen LogP contribution is -2.45. The average molecular weight is 348 g/mol. The van der Waals surface area contributed by atoms with Gasteiger partial charge in [0.05, 0.1) is 0 Å². The Hall–Kier alpha value is -2.08. The van der Waals surface area contributed by atoms with Crippen LogP contribution in [0.25, 0.3) is 0 Å². The third-order valence-electron chi connectivity index (χ3n) is 4.53. The summed E-state index contributed by atoms with van der Waals surface area (Å²) in [6.45, 7) is 8.33. The van der Waals surface area contributed by atoms with Crippen molar-refractivity contribution in [3.8, 4) is 0 Å². The number of benzene rings is 1. The van der Waals surface area contributed by atoms with E-state index in [0.717, 1.165) is 18.4 Å². The number of hydrogen-bond acceptors (Lipinski definition) is 3. The Kier molecular flexibility index (Phi) is 8.41. The molecule has 6 nitrogen and oxygen atoms in total. The highest BCUT2D eigenvalue weighted by molar-refractivity contribution is 5.93.